The molecule has 110 valence electrons. The van der Waals surface area contributed by atoms with Gasteiger partial charge in [-0.25, -0.2) is 0 Å². The number of nitrogens with zero attached hydrogens (tertiary/aromatic N) is 1. The molecule has 0 saturated carbocycles. The van der Waals surface area contributed by atoms with Crippen molar-refractivity contribution in [3.63, 3.8) is 0 Å². The van der Waals surface area contributed by atoms with Crippen molar-refractivity contribution >= 4 is 17.9 Å². The predicted molar refractivity (Wildman–Crippen MR) is 80.4 cm³/mol. The minimum atomic E-state index is -0.326. The van der Waals surface area contributed by atoms with Gasteiger partial charge in [-0.2, -0.15) is 0 Å². The van der Waals surface area contributed by atoms with Crippen LogP contribution in [0.4, 0.5) is 5.69 Å². The van der Waals surface area contributed by atoms with Gasteiger partial charge >= 0.3 is 5.97 Å². The molecule has 0 saturated heterocycles. The highest BCUT2D eigenvalue weighted by atomic mass is 16.6. The molecule has 1 heterocycles. The van der Waals surface area contributed by atoms with Crippen LogP contribution in [0.1, 0.15) is 45.2 Å². The van der Waals surface area contributed by atoms with E-state index in [1.165, 1.54) is 5.56 Å². The van der Waals surface area contributed by atoms with Crippen LogP contribution in [0.5, 0.6) is 0 Å². The highest BCUT2D eigenvalue weighted by Crippen LogP contribution is 2.28. The minimum Gasteiger partial charge on any atom is -0.460 e. The first-order valence-corrected chi connectivity index (χ1v) is 6.83. The quantitative estimate of drug-likeness (QED) is 0.845. The molecule has 1 aliphatic rings. The van der Waals surface area contributed by atoms with Crippen LogP contribution in [-0.2, 0) is 22.6 Å². The Morgan fingerprint density at radius 2 is 2.10 bits per heavy atom. The molecule has 0 atom stereocenters. The molecule has 0 bridgehead atoms. The first kappa shape index (κ1) is 16.4. The van der Waals surface area contributed by atoms with E-state index in [4.69, 9.17) is 9.84 Å². The standard InChI is InChI=1S/C9H9NO.C7H14O2/c11-6-8-3-1-2-7-4-5-10-9(7)8;1-5-6(8)9-7(2,3)4/h1-3,5,11H,4,6H2;5H2,1-4H3. The van der Waals surface area contributed by atoms with Crippen LogP contribution >= 0.6 is 0 Å². The number of hydrogen-bond acceptors (Lipinski definition) is 4. The molecule has 0 aromatic heterocycles. The zero-order chi connectivity index (χ0) is 15.2. The summed E-state index contributed by atoms with van der Waals surface area (Å²) in [5.74, 6) is -0.137. The van der Waals surface area contributed by atoms with E-state index < -0.39 is 0 Å². The topological polar surface area (TPSA) is 58.9 Å². The molecule has 2 rings (SSSR count). The zero-order valence-corrected chi connectivity index (χ0v) is 12.6. The van der Waals surface area contributed by atoms with Gasteiger partial charge in [-0.1, -0.05) is 25.1 Å². The average molecular weight is 277 g/mol. The number of esters is 1. The van der Waals surface area contributed by atoms with Crippen molar-refractivity contribution in [2.45, 2.75) is 52.7 Å². The molecule has 1 N–H and O–H groups in total. The van der Waals surface area contributed by atoms with Gasteiger partial charge in [-0.15, -0.1) is 0 Å². The van der Waals surface area contributed by atoms with Gasteiger partial charge in [0.15, 0.2) is 0 Å². The third-order valence-electron chi connectivity index (χ3n) is 2.61. The van der Waals surface area contributed by atoms with Crippen LogP contribution in [0.2, 0.25) is 0 Å². The number of carbonyl (C=O) groups excluding carboxylic acids is 1. The highest BCUT2D eigenvalue weighted by Gasteiger charge is 2.13. The Balaban J connectivity index is 0.000000206. The fraction of sp³-hybridized carbons (Fsp3) is 0.500. The summed E-state index contributed by atoms with van der Waals surface area (Å²) >= 11 is 0. The smallest absolute Gasteiger partial charge is 0.306 e. The normalized spacial score (nSPS) is 12.4. The third-order valence-corrected chi connectivity index (χ3v) is 2.61. The molecule has 1 aliphatic heterocycles. The number of aliphatic hydroxyl groups is 1. The van der Waals surface area contributed by atoms with Gasteiger partial charge in [0, 0.05) is 24.6 Å². The zero-order valence-electron chi connectivity index (χ0n) is 12.6. The second-order valence-electron chi connectivity index (χ2n) is 5.54. The van der Waals surface area contributed by atoms with E-state index in [0.717, 1.165) is 17.7 Å². The van der Waals surface area contributed by atoms with E-state index in [-0.39, 0.29) is 18.2 Å². The van der Waals surface area contributed by atoms with Crippen molar-refractivity contribution in [3.05, 3.63) is 29.3 Å². The fourth-order valence-electron chi connectivity index (χ4n) is 1.75. The first-order valence-electron chi connectivity index (χ1n) is 6.83. The third kappa shape index (κ3) is 5.13. The average Bonchev–Trinajstić information content (AvgIpc) is 2.85. The number of aliphatic hydroxyl groups excluding tert-OH is 1. The van der Waals surface area contributed by atoms with Crippen molar-refractivity contribution in [2.24, 2.45) is 4.99 Å². The molecular formula is C16H23NO3. The number of rotatable bonds is 2. The molecule has 4 nitrogen and oxygen atoms in total. The second kappa shape index (κ2) is 7.20. The van der Waals surface area contributed by atoms with Crippen molar-refractivity contribution in [1.29, 1.82) is 0 Å². The summed E-state index contributed by atoms with van der Waals surface area (Å²) in [4.78, 5) is 14.8. The maximum Gasteiger partial charge on any atom is 0.306 e. The van der Waals surface area contributed by atoms with Gasteiger partial charge < -0.3 is 9.84 Å². The summed E-state index contributed by atoms with van der Waals surface area (Å²) in [6.07, 6.45) is 3.24. The number of ether oxygens (including phenoxy) is 1. The summed E-state index contributed by atoms with van der Waals surface area (Å²) in [6.45, 7) is 7.45. The molecule has 20 heavy (non-hydrogen) atoms. The van der Waals surface area contributed by atoms with Crippen LogP contribution in [-0.4, -0.2) is 22.9 Å². The van der Waals surface area contributed by atoms with Crippen LogP contribution < -0.4 is 0 Å². The molecule has 0 radical (unpaired) electrons. The van der Waals surface area contributed by atoms with Crippen molar-refractivity contribution < 1.29 is 14.6 Å². The molecule has 0 amide bonds. The monoisotopic (exact) mass is 277 g/mol. The lowest BCUT2D eigenvalue weighted by Gasteiger charge is -2.18. The van der Waals surface area contributed by atoms with E-state index in [1.54, 1.807) is 6.92 Å². The van der Waals surface area contributed by atoms with Crippen molar-refractivity contribution in [3.8, 4) is 0 Å². The number of aliphatic imine (C=N–C) groups is 1. The molecule has 4 heteroatoms. The van der Waals surface area contributed by atoms with E-state index >= 15 is 0 Å². The van der Waals surface area contributed by atoms with E-state index in [0.29, 0.717) is 6.42 Å². The highest BCUT2D eigenvalue weighted by molar-refractivity contribution is 5.77. The fourth-order valence-corrected chi connectivity index (χ4v) is 1.75. The van der Waals surface area contributed by atoms with Gasteiger partial charge in [0.05, 0.1) is 12.3 Å². The molecule has 0 fully saturated rings. The minimum absolute atomic E-state index is 0.0838. The summed E-state index contributed by atoms with van der Waals surface area (Å²) in [7, 11) is 0. The Bertz CT molecular complexity index is 487. The molecule has 0 aliphatic carbocycles. The molecular weight excluding hydrogens is 254 g/mol. The summed E-state index contributed by atoms with van der Waals surface area (Å²) in [5, 5.41) is 8.93. The number of para-hydroxylation sites is 1. The maximum absolute atomic E-state index is 10.6. The summed E-state index contributed by atoms with van der Waals surface area (Å²) in [6, 6.07) is 5.90. The lowest BCUT2D eigenvalue weighted by Crippen LogP contribution is -2.23. The van der Waals surface area contributed by atoms with E-state index in [2.05, 4.69) is 4.99 Å². The second-order valence-corrected chi connectivity index (χ2v) is 5.54. The van der Waals surface area contributed by atoms with Crippen molar-refractivity contribution in [1.82, 2.24) is 0 Å². The Labute approximate surface area is 120 Å². The van der Waals surface area contributed by atoms with Crippen LogP contribution in [0.15, 0.2) is 23.2 Å². The van der Waals surface area contributed by atoms with E-state index in [1.807, 2.05) is 45.2 Å². The van der Waals surface area contributed by atoms with Crippen LogP contribution in [0, 0.1) is 0 Å². The largest absolute Gasteiger partial charge is 0.460 e. The number of carbonyl (C=O) groups is 1. The molecule has 0 unspecified atom stereocenters. The Kier molecular flexibility index (Phi) is 5.89. The summed E-state index contributed by atoms with van der Waals surface area (Å²) < 4.78 is 4.95. The van der Waals surface area contributed by atoms with Gasteiger partial charge in [-0.3, -0.25) is 9.79 Å². The molecule has 1 aromatic rings. The predicted octanol–water partition coefficient (Wildman–Crippen LogP) is 3.18. The van der Waals surface area contributed by atoms with E-state index in [9.17, 15) is 4.79 Å². The SMILES string of the molecule is CCC(=O)OC(C)(C)C.OCc1cccc2c1N=CC2. The molecule has 1 aromatic carbocycles. The maximum atomic E-state index is 10.6. The number of benzene rings is 1. The Morgan fingerprint density at radius 3 is 2.60 bits per heavy atom. The summed E-state index contributed by atoms with van der Waals surface area (Å²) in [5.41, 5.74) is 2.79. The number of fused-ring (bicyclic) bond motifs is 1. The Hall–Kier alpha value is -1.68. The van der Waals surface area contributed by atoms with Gasteiger partial charge in [0.2, 0.25) is 0 Å². The van der Waals surface area contributed by atoms with Gasteiger partial charge in [-0.05, 0) is 26.3 Å². The molecule has 0 spiro atoms. The lowest BCUT2D eigenvalue weighted by atomic mass is 10.1. The Morgan fingerprint density at radius 1 is 1.40 bits per heavy atom. The van der Waals surface area contributed by atoms with Gasteiger partial charge in [0.25, 0.3) is 0 Å². The van der Waals surface area contributed by atoms with Crippen LogP contribution in [0.3, 0.4) is 0 Å². The van der Waals surface area contributed by atoms with Crippen LogP contribution in [0.25, 0.3) is 0 Å². The number of hydrogen-bond donors (Lipinski definition) is 1. The lowest BCUT2D eigenvalue weighted by molar-refractivity contribution is -0.154. The first-order chi connectivity index (χ1) is 9.37. The van der Waals surface area contributed by atoms with Crippen molar-refractivity contribution in [2.75, 3.05) is 0 Å². The van der Waals surface area contributed by atoms with Gasteiger partial charge in [0.1, 0.15) is 5.60 Å².